The number of aromatic nitrogens is 4. The van der Waals surface area contributed by atoms with Crippen LogP contribution in [-0.2, 0) is 11.2 Å². The lowest BCUT2D eigenvalue weighted by Gasteiger charge is -2.24. The van der Waals surface area contributed by atoms with Crippen LogP contribution in [0.4, 0.5) is 11.5 Å². The molecular weight excluding hydrogens is 392 g/mol. The van der Waals surface area contributed by atoms with Gasteiger partial charge in [0.1, 0.15) is 5.82 Å². The Labute approximate surface area is 182 Å². The predicted octanol–water partition coefficient (Wildman–Crippen LogP) is 4.33. The highest BCUT2D eigenvalue weighted by Gasteiger charge is 2.30. The van der Waals surface area contributed by atoms with Crippen molar-refractivity contribution in [3.63, 3.8) is 0 Å². The van der Waals surface area contributed by atoms with Crippen molar-refractivity contribution in [1.29, 1.82) is 0 Å². The van der Waals surface area contributed by atoms with Crippen molar-refractivity contribution in [3.8, 4) is 0 Å². The lowest BCUT2D eigenvalue weighted by atomic mass is 10.1. The van der Waals surface area contributed by atoms with Crippen molar-refractivity contribution in [2.75, 3.05) is 11.9 Å². The summed E-state index contributed by atoms with van der Waals surface area (Å²) in [4.78, 5) is 23.9. The van der Waals surface area contributed by atoms with Gasteiger partial charge in [-0.05, 0) is 44.0 Å². The van der Waals surface area contributed by atoms with E-state index in [1.54, 1.807) is 6.20 Å². The van der Waals surface area contributed by atoms with Crippen molar-refractivity contribution in [3.05, 3.63) is 59.7 Å². The minimum Gasteiger partial charge on any atom is -0.425 e. The topological polar surface area (TPSA) is 97.0 Å². The third kappa shape index (κ3) is 5.07. The highest BCUT2D eigenvalue weighted by molar-refractivity contribution is 5.77. The number of anilines is 2. The van der Waals surface area contributed by atoms with E-state index in [1.165, 1.54) is 0 Å². The third-order valence-electron chi connectivity index (χ3n) is 5.39. The van der Waals surface area contributed by atoms with Gasteiger partial charge in [0.05, 0.1) is 23.6 Å². The molecule has 3 aromatic rings. The van der Waals surface area contributed by atoms with Crippen LogP contribution >= 0.6 is 0 Å². The summed E-state index contributed by atoms with van der Waals surface area (Å²) in [5.74, 6) is 2.20. The van der Waals surface area contributed by atoms with Crippen LogP contribution in [0.25, 0.3) is 0 Å². The molecule has 3 aromatic heterocycles. The zero-order valence-electron chi connectivity index (χ0n) is 18.2. The molecule has 31 heavy (non-hydrogen) atoms. The first-order valence-corrected chi connectivity index (χ1v) is 10.8. The lowest BCUT2D eigenvalue weighted by molar-refractivity contribution is -0.132. The van der Waals surface area contributed by atoms with Gasteiger partial charge in [0.15, 0.2) is 0 Å². The Morgan fingerprint density at radius 3 is 2.84 bits per heavy atom. The van der Waals surface area contributed by atoms with Gasteiger partial charge in [0, 0.05) is 31.0 Å². The molecule has 0 saturated carbocycles. The van der Waals surface area contributed by atoms with Crippen LogP contribution < -0.4 is 5.32 Å². The van der Waals surface area contributed by atoms with E-state index in [9.17, 15) is 4.79 Å². The Bertz CT molecular complexity index is 1030. The molecule has 1 unspecified atom stereocenters. The summed E-state index contributed by atoms with van der Waals surface area (Å²) < 4.78 is 5.62. The second-order valence-corrected chi connectivity index (χ2v) is 8.19. The second kappa shape index (κ2) is 9.24. The summed E-state index contributed by atoms with van der Waals surface area (Å²) in [6.07, 6.45) is 4.51. The first kappa shape index (κ1) is 21.0. The van der Waals surface area contributed by atoms with E-state index in [0.717, 1.165) is 42.3 Å². The smallest absolute Gasteiger partial charge is 0.223 e. The third-order valence-corrected chi connectivity index (χ3v) is 5.39. The van der Waals surface area contributed by atoms with Crippen LogP contribution in [0, 0.1) is 6.92 Å². The van der Waals surface area contributed by atoms with Crippen LogP contribution in [0.3, 0.4) is 0 Å². The molecule has 1 aliphatic heterocycles. The minimum absolute atomic E-state index is 0.00700. The van der Waals surface area contributed by atoms with Gasteiger partial charge in [-0.1, -0.05) is 19.9 Å². The first-order chi connectivity index (χ1) is 15.0. The van der Waals surface area contributed by atoms with E-state index in [2.05, 4.69) is 25.5 Å². The molecule has 8 nitrogen and oxygen atoms in total. The fraction of sp³-hybridized carbons (Fsp3) is 0.435. The average molecular weight is 421 g/mol. The SMILES string of the molecule is Cc1cccc(Nc2ccc(C3CCCN3C(=O)CCc3nnc(C(C)C)o3)nc2)n1. The van der Waals surface area contributed by atoms with E-state index in [-0.39, 0.29) is 17.9 Å². The summed E-state index contributed by atoms with van der Waals surface area (Å²) in [6, 6.07) is 9.83. The average Bonchev–Trinajstić information content (AvgIpc) is 3.43. The molecule has 0 radical (unpaired) electrons. The molecule has 1 amide bonds. The number of likely N-dealkylation sites (tertiary alicyclic amines) is 1. The van der Waals surface area contributed by atoms with E-state index in [1.807, 2.05) is 56.0 Å². The number of carbonyl (C=O) groups is 1. The molecule has 162 valence electrons. The van der Waals surface area contributed by atoms with Crippen molar-refractivity contribution in [2.24, 2.45) is 0 Å². The van der Waals surface area contributed by atoms with Crippen molar-refractivity contribution in [2.45, 2.75) is 58.4 Å². The van der Waals surface area contributed by atoms with Crippen LogP contribution in [0.15, 0.2) is 40.9 Å². The quantitative estimate of drug-likeness (QED) is 0.607. The van der Waals surface area contributed by atoms with Gasteiger partial charge in [-0.2, -0.15) is 0 Å². The van der Waals surface area contributed by atoms with Crippen molar-refractivity contribution >= 4 is 17.4 Å². The Morgan fingerprint density at radius 1 is 1.26 bits per heavy atom. The molecule has 4 heterocycles. The predicted molar refractivity (Wildman–Crippen MR) is 117 cm³/mol. The van der Waals surface area contributed by atoms with E-state index >= 15 is 0 Å². The highest BCUT2D eigenvalue weighted by atomic mass is 16.4. The largest absolute Gasteiger partial charge is 0.425 e. The highest BCUT2D eigenvalue weighted by Crippen LogP contribution is 2.32. The summed E-state index contributed by atoms with van der Waals surface area (Å²) in [6.45, 7) is 6.71. The Balaban J connectivity index is 1.37. The van der Waals surface area contributed by atoms with Crippen molar-refractivity contribution in [1.82, 2.24) is 25.1 Å². The monoisotopic (exact) mass is 420 g/mol. The Hall–Kier alpha value is -3.29. The summed E-state index contributed by atoms with van der Waals surface area (Å²) in [5.41, 5.74) is 2.74. The van der Waals surface area contributed by atoms with Gasteiger partial charge in [0.25, 0.3) is 0 Å². The maximum absolute atomic E-state index is 12.9. The number of hydrogen-bond donors (Lipinski definition) is 1. The molecule has 1 N–H and O–H groups in total. The molecule has 0 bridgehead atoms. The zero-order chi connectivity index (χ0) is 21.8. The fourth-order valence-electron chi connectivity index (χ4n) is 3.77. The van der Waals surface area contributed by atoms with Crippen LogP contribution in [0.1, 0.15) is 68.2 Å². The van der Waals surface area contributed by atoms with Gasteiger partial charge < -0.3 is 14.6 Å². The number of aryl methyl sites for hydroxylation is 2. The number of hydrogen-bond acceptors (Lipinski definition) is 7. The first-order valence-electron chi connectivity index (χ1n) is 10.8. The second-order valence-electron chi connectivity index (χ2n) is 8.19. The number of carbonyl (C=O) groups excluding carboxylic acids is 1. The zero-order valence-corrected chi connectivity index (χ0v) is 18.2. The van der Waals surface area contributed by atoms with Gasteiger partial charge in [0.2, 0.25) is 17.7 Å². The van der Waals surface area contributed by atoms with Gasteiger partial charge >= 0.3 is 0 Å². The summed E-state index contributed by atoms with van der Waals surface area (Å²) in [5, 5.41) is 11.4. The lowest BCUT2D eigenvalue weighted by Crippen LogP contribution is -2.31. The van der Waals surface area contributed by atoms with Crippen LogP contribution in [0.5, 0.6) is 0 Å². The maximum atomic E-state index is 12.9. The molecule has 1 aliphatic rings. The molecule has 0 aromatic carbocycles. The summed E-state index contributed by atoms with van der Waals surface area (Å²) >= 11 is 0. The minimum atomic E-state index is 0.00700. The van der Waals surface area contributed by atoms with Crippen LogP contribution in [-0.4, -0.2) is 37.5 Å². The van der Waals surface area contributed by atoms with E-state index in [0.29, 0.717) is 24.6 Å². The molecular formula is C23H28N6O2. The van der Waals surface area contributed by atoms with E-state index < -0.39 is 0 Å². The molecule has 1 saturated heterocycles. The van der Waals surface area contributed by atoms with Crippen molar-refractivity contribution < 1.29 is 9.21 Å². The molecule has 0 aliphatic carbocycles. The number of amides is 1. The molecule has 4 rings (SSSR count). The Morgan fingerprint density at radius 2 is 2.13 bits per heavy atom. The molecule has 1 fully saturated rings. The van der Waals surface area contributed by atoms with Gasteiger partial charge in [-0.25, -0.2) is 4.98 Å². The standard InChI is InChI=1S/C23H28N6O2/c1-15(2)23-28-27-21(31-23)11-12-22(30)29-13-5-7-19(29)18-10-9-17(14-24-18)26-20-8-4-6-16(3)25-20/h4,6,8-10,14-15,19H,5,7,11-13H2,1-3H3,(H,25,26). The number of nitrogens with zero attached hydrogens (tertiary/aromatic N) is 5. The van der Waals surface area contributed by atoms with Gasteiger partial charge in [-0.3, -0.25) is 9.78 Å². The maximum Gasteiger partial charge on any atom is 0.223 e. The molecule has 1 atom stereocenters. The Kier molecular flexibility index (Phi) is 6.25. The van der Waals surface area contributed by atoms with Gasteiger partial charge in [-0.15, -0.1) is 10.2 Å². The summed E-state index contributed by atoms with van der Waals surface area (Å²) in [7, 11) is 0. The number of rotatable bonds is 7. The van der Waals surface area contributed by atoms with E-state index in [4.69, 9.17) is 4.42 Å². The van der Waals surface area contributed by atoms with Crippen LogP contribution in [0.2, 0.25) is 0 Å². The number of nitrogens with one attached hydrogen (secondary N) is 1. The fourth-order valence-corrected chi connectivity index (χ4v) is 3.77. The number of pyridine rings is 2. The molecule has 8 heteroatoms. The normalized spacial score (nSPS) is 16.1. The molecule has 0 spiro atoms.